The first kappa shape index (κ1) is 33.1. The Balaban J connectivity index is 1.49. The fraction of sp³-hybridized carbons (Fsp3) is 0.606. The number of rotatable bonds is 13. The molecule has 10 nitrogen and oxygen atoms in total. The van der Waals surface area contributed by atoms with E-state index in [1.54, 1.807) is 36.9 Å². The topological polar surface area (TPSA) is 134 Å². The van der Waals surface area contributed by atoms with Crippen LogP contribution in [0, 0.1) is 17.7 Å². The zero-order valence-electron chi connectivity index (χ0n) is 26.2. The van der Waals surface area contributed by atoms with E-state index >= 15 is 4.39 Å². The van der Waals surface area contributed by atoms with Crippen molar-refractivity contribution in [1.82, 2.24) is 25.7 Å². The number of aromatic nitrogens is 2. The number of nitrogens with zero attached hydrogens (tertiary/aromatic N) is 2. The number of aryl methyl sites for hydroxylation is 1. The summed E-state index contributed by atoms with van der Waals surface area (Å²) in [5, 5.41) is 15.5. The van der Waals surface area contributed by atoms with Gasteiger partial charge in [-0.3, -0.25) is 23.9 Å². The third-order valence-electron chi connectivity index (χ3n) is 9.18. The zero-order valence-corrected chi connectivity index (χ0v) is 26.2. The highest BCUT2D eigenvalue weighted by Gasteiger charge is 2.33. The molecule has 0 aliphatic heterocycles. The van der Waals surface area contributed by atoms with Gasteiger partial charge in [0, 0.05) is 31.6 Å². The van der Waals surface area contributed by atoms with Crippen molar-refractivity contribution in [2.24, 2.45) is 11.8 Å². The summed E-state index contributed by atoms with van der Waals surface area (Å²) >= 11 is 0. The monoisotopic (exact) mass is 610 g/mol. The van der Waals surface area contributed by atoms with Gasteiger partial charge in [0.25, 0.3) is 5.91 Å². The number of benzene rings is 1. The largest absolute Gasteiger partial charge is 0.354 e. The third-order valence-corrected chi connectivity index (χ3v) is 9.18. The van der Waals surface area contributed by atoms with Crippen molar-refractivity contribution in [3.05, 3.63) is 47.5 Å². The van der Waals surface area contributed by atoms with Gasteiger partial charge in [-0.2, -0.15) is 5.10 Å². The van der Waals surface area contributed by atoms with Crippen molar-refractivity contribution in [3.63, 3.8) is 0 Å². The van der Waals surface area contributed by atoms with Crippen molar-refractivity contribution in [3.8, 4) is 0 Å². The third kappa shape index (κ3) is 8.45. The second-order valence-corrected chi connectivity index (χ2v) is 12.2. The maximum atomic E-state index is 15.5. The molecular formula is C33H47FN6O4. The number of hydrogen-bond acceptors (Lipinski definition) is 5. The summed E-state index contributed by atoms with van der Waals surface area (Å²) in [5.41, 5.74) is 0.869. The fourth-order valence-electron chi connectivity index (χ4n) is 6.10. The highest BCUT2D eigenvalue weighted by atomic mass is 19.1. The van der Waals surface area contributed by atoms with Crippen LogP contribution in [-0.4, -0.2) is 52.0 Å². The first-order valence-electron chi connectivity index (χ1n) is 16.2. The second-order valence-electron chi connectivity index (χ2n) is 12.2. The van der Waals surface area contributed by atoms with Crippen LogP contribution in [0.3, 0.4) is 0 Å². The van der Waals surface area contributed by atoms with Gasteiger partial charge in [0.2, 0.25) is 17.7 Å². The van der Waals surface area contributed by atoms with Crippen LogP contribution in [0.2, 0.25) is 0 Å². The van der Waals surface area contributed by atoms with Crippen molar-refractivity contribution >= 4 is 29.3 Å². The van der Waals surface area contributed by atoms with E-state index in [2.05, 4.69) is 26.4 Å². The molecule has 0 saturated heterocycles. The lowest BCUT2D eigenvalue weighted by atomic mass is 9.85. The molecule has 44 heavy (non-hydrogen) atoms. The first-order chi connectivity index (χ1) is 21.2. The number of nitrogens with one attached hydrogen (secondary N) is 4. The molecule has 0 spiro atoms. The summed E-state index contributed by atoms with van der Waals surface area (Å²) in [4.78, 5) is 52.2. The van der Waals surface area contributed by atoms with Crippen molar-refractivity contribution in [1.29, 1.82) is 0 Å². The van der Waals surface area contributed by atoms with Gasteiger partial charge >= 0.3 is 0 Å². The van der Waals surface area contributed by atoms with E-state index in [0.717, 1.165) is 57.8 Å². The van der Waals surface area contributed by atoms with Crippen LogP contribution < -0.4 is 21.3 Å². The molecule has 2 fully saturated rings. The molecule has 2 aliphatic rings. The maximum absolute atomic E-state index is 15.5. The highest BCUT2D eigenvalue weighted by Crippen LogP contribution is 2.29. The molecule has 1 aromatic carbocycles. The van der Waals surface area contributed by atoms with Crippen LogP contribution in [0.1, 0.15) is 107 Å². The predicted molar refractivity (Wildman–Crippen MR) is 166 cm³/mol. The summed E-state index contributed by atoms with van der Waals surface area (Å²) in [6.45, 7) is 6.44. The standard InChI is InChI=1S/C33H47FN6O4/c1-4-28(41)38-29(32(43)35-20-22-11-10-12-22)21(3)24-15-16-26(25(34)19-24)37-33(44)30(23-13-8-6-7-9-14-23)39-31(42)27-17-18-36-40(27)5-2/h15-19,21-23,29-30H,4-14,20H2,1-3H3,(H,35,43)(H,37,44)(H,38,41)(H,39,42)/t21-,29+,30-/m0/s1. The average Bonchev–Trinajstić information content (AvgIpc) is 3.32. The van der Waals surface area contributed by atoms with E-state index < -0.39 is 35.6 Å². The van der Waals surface area contributed by atoms with Gasteiger partial charge in [-0.1, -0.05) is 52.0 Å². The average molecular weight is 611 g/mol. The Morgan fingerprint density at radius 1 is 0.955 bits per heavy atom. The molecule has 1 heterocycles. The van der Waals surface area contributed by atoms with Crippen LogP contribution in [0.25, 0.3) is 0 Å². The van der Waals surface area contributed by atoms with E-state index in [0.29, 0.717) is 30.3 Å². The Morgan fingerprint density at radius 3 is 2.30 bits per heavy atom. The minimum absolute atomic E-state index is 0.0130. The molecular weight excluding hydrogens is 563 g/mol. The van der Waals surface area contributed by atoms with E-state index in [-0.39, 0.29) is 29.8 Å². The number of amides is 4. The second kappa shape index (κ2) is 15.8. The smallest absolute Gasteiger partial charge is 0.270 e. The Hall–Kier alpha value is -3.76. The molecule has 2 aliphatic carbocycles. The van der Waals surface area contributed by atoms with Crippen LogP contribution >= 0.6 is 0 Å². The molecule has 0 bridgehead atoms. The van der Waals surface area contributed by atoms with Crippen LogP contribution in [0.5, 0.6) is 0 Å². The molecule has 0 unspecified atom stereocenters. The highest BCUT2D eigenvalue weighted by molar-refractivity contribution is 6.00. The molecule has 3 atom stereocenters. The van der Waals surface area contributed by atoms with Gasteiger partial charge in [0.1, 0.15) is 23.6 Å². The van der Waals surface area contributed by atoms with E-state index in [4.69, 9.17) is 0 Å². The Kier molecular flexibility index (Phi) is 11.9. The minimum atomic E-state index is -0.867. The van der Waals surface area contributed by atoms with Crippen LogP contribution in [-0.2, 0) is 20.9 Å². The van der Waals surface area contributed by atoms with Gasteiger partial charge in [-0.15, -0.1) is 0 Å². The lowest BCUT2D eigenvalue weighted by molar-refractivity contribution is -0.129. The molecule has 4 amide bonds. The SMILES string of the molecule is CCC(=O)N[C@@H](C(=O)NCC1CCC1)[C@@H](C)c1ccc(NC(=O)[C@@H](NC(=O)c2ccnn2CC)C2CCCCCC2)c(F)c1. The summed E-state index contributed by atoms with van der Waals surface area (Å²) in [7, 11) is 0. The molecule has 11 heteroatoms. The number of carbonyl (C=O) groups excluding carboxylic acids is 4. The first-order valence-corrected chi connectivity index (χ1v) is 16.2. The molecule has 4 N–H and O–H groups in total. The van der Waals surface area contributed by atoms with Crippen molar-refractivity contribution in [2.45, 2.75) is 110 Å². The Labute approximate surface area is 259 Å². The van der Waals surface area contributed by atoms with Gasteiger partial charge in [0.05, 0.1) is 5.69 Å². The molecule has 2 saturated carbocycles. The lowest BCUT2D eigenvalue weighted by Gasteiger charge is -2.29. The van der Waals surface area contributed by atoms with Gasteiger partial charge in [-0.05, 0) is 68.2 Å². The summed E-state index contributed by atoms with van der Waals surface area (Å²) in [5.74, 6) is -2.24. The molecule has 4 rings (SSSR count). The predicted octanol–water partition coefficient (Wildman–Crippen LogP) is 4.66. The normalized spacial score (nSPS) is 17.8. The number of hydrogen-bond donors (Lipinski definition) is 4. The van der Waals surface area contributed by atoms with Gasteiger partial charge in [0.15, 0.2) is 0 Å². The van der Waals surface area contributed by atoms with Gasteiger partial charge < -0.3 is 21.3 Å². The zero-order chi connectivity index (χ0) is 31.6. The number of halogens is 1. The van der Waals surface area contributed by atoms with E-state index in [1.807, 2.05) is 6.92 Å². The summed E-state index contributed by atoms with van der Waals surface area (Å²) in [6, 6.07) is 4.34. The molecule has 1 aromatic heterocycles. The maximum Gasteiger partial charge on any atom is 0.270 e. The minimum Gasteiger partial charge on any atom is -0.354 e. The quantitative estimate of drug-likeness (QED) is 0.245. The van der Waals surface area contributed by atoms with Crippen molar-refractivity contribution in [2.75, 3.05) is 11.9 Å². The van der Waals surface area contributed by atoms with E-state index in [1.165, 1.54) is 12.1 Å². The number of anilines is 1. The lowest BCUT2D eigenvalue weighted by Crippen LogP contribution is -2.50. The van der Waals surface area contributed by atoms with E-state index in [9.17, 15) is 19.2 Å². The summed E-state index contributed by atoms with van der Waals surface area (Å²) < 4.78 is 17.1. The Bertz CT molecular complexity index is 1300. The molecule has 0 radical (unpaired) electrons. The van der Waals surface area contributed by atoms with Crippen LogP contribution in [0.4, 0.5) is 10.1 Å². The number of carbonyl (C=O) groups is 4. The van der Waals surface area contributed by atoms with Crippen molar-refractivity contribution < 1.29 is 23.6 Å². The Morgan fingerprint density at radius 2 is 1.68 bits per heavy atom. The van der Waals surface area contributed by atoms with Crippen LogP contribution in [0.15, 0.2) is 30.5 Å². The summed E-state index contributed by atoms with van der Waals surface area (Å²) in [6.07, 6.45) is 10.7. The molecule has 2 aromatic rings. The fourth-order valence-corrected chi connectivity index (χ4v) is 6.10. The molecule has 240 valence electrons. The van der Waals surface area contributed by atoms with Gasteiger partial charge in [-0.25, -0.2) is 4.39 Å².